The molecule has 0 bridgehead atoms. The molecule has 1 rings (SSSR count). The maximum absolute atomic E-state index is 11.4. The fraction of sp³-hybridized carbons (Fsp3) is 0.375. The SMILES string of the molecule is Nc1nc(C(=O)NCCOCC(=O)O)cs1. The molecule has 7 nitrogen and oxygen atoms in total. The molecule has 0 radical (unpaired) electrons. The molecule has 0 unspecified atom stereocenters. The van der Waals surface area contributed by atoms with Crippen LogP contribution >= 0.6 is 11.3 Å². The summed E-state index contributed by atoms with van der Waals surface area (Å²) in [5.41, 5.74) is 5.61. The zero-order valence-corrected chi connectivity index (χ0v) is 9.12. The van der Waals surface area contributed by atoms with E-state index in [1.807, 2.05) is 0 Å². The largest absolute Gasteiger partial charge is 0.480 e. The highest BCUT2D eigenvalue weighted by Crippen LogP contribution is 2.10. The monoisotopic (exact) mass is 245 g/mol. The summed E-state index contributed by atoms with van der Waals surface area (Å²) in [6.45, 7) is -0.0132. The van der Waals surface area contributed by atoms with Gasteiger partial charge in [0.1, 0.15) is 12.3 Å². The number of nitrogen functional groups attached to an aromatic ring is 1. The molecule has 0 aromatic carbocycles. The first kappa shape index (κ1) is 12.4. The van der Waals surface area contributed by atoms with Gasteiger partial charge in [0.2, 0.25) is 0 Å². The topological polar surface area (TPSA) is 115 Å². The number of hydrogen-bond donors (Lipinski definition) is 3. The van der Waals surface area contributed by atoms with Crippen LogP contribution in [0.25, 0.3) is 0 Å². The number of carboxylic acid groups (broad SMARTS) is 1. The van der Waals surface area contributed by atoms with Gasteiger partial charge in [0, 0.05) is 11.9 Å². The number of aliphatic carboxylic acids is 1. The molecule has 8 heteroatoms. The quantitative estimate of drug-likeness (QED) is 0.585. The lowest BCUT2D eigenvalue weighted by molar-refractivity contribution is -0.142. The highest BCUT2D eigenvalue weighted by Gasteiger charge is 2.08. The fourth-order valence-corrected chi connectivity index (χ4v) is 1.42. The molecule has 1 amide bonds. The summed E-state index contributed by atoms with van der Waals surface area (Å²) < 4.78 is 4.73. The maximum atomic E-state index is 11.4. The molecule has 0 aliphatic rings. The summed E-state index contributed by atoms with van der Waals surface area (Å²) in [6, 6.07) is 0. The average molecular weight is 245 g/mol. The van der Waals surface area contributed by atoms with E-state index in [1.165, 1.54) is 11.3 Å². The number of carbonyl (C=O) groups is 2. The predicted octanol–water partition coefficient (Wildman–Crippen LogP) is -0.444. The van der Waals surface area contributed by atoms with Gasteiger partial charge < -0.3 is 20.9 Å². The van der Waals surface area contributed by atoms with Crippen LogP contribution in [0, 0.1) is 0 Å². The van der Waals surface area contributed by atoms with Crippen LogP contribution in [0.1, 0.15) is 10.5 Å². The van der Waals surface area contributed by atoms with Crippen LogP contribution in [0.2, 0.25) is 0 Å². The van der Waals surface area contributed by atoms with Gasteiger partial charge in [-0.25, -0.2) is 9.78 Å². The van der Waals surface area contributed by atoms with E-state index in [-0.39, 0.29) is 31.4 Å². The van der Waals surface area contributed by atoms with Crippen LogP contribution in [-0.4, -0.2) is 41.7 Å². The molecule has 1 aromatic heterocycles. The summed E-state index contributed by atoms with van der Waals surface area (Å²) in [5.74, 6) is -1.40. The van der Waals surface area contributed by atoms with Crippen LogP contribution in [0.4, 0.5) is 5.13 Å². The predicted molar refractivity (Wildman–Crippen MR) is 57.3 cm³/mol. The van der Waals surface area contributed by atoms with Crippen molar-refractivity contribution in [3.8, 4) is 0 Å². The molecule has 0 saturated carbocycles. The number of ether oxygens (including phenoxy) is 1. The summed E-state index contributed by atoms with van der Waals surface area (Å²) >= 11 is 1.18. The van der Waals surface area contributed by atoms with Crippen LogP contribution in [-0.2, 0) is 9.53 Å². The number of nitrogens with zero attached hydrogens (tertiary/aromatic N) is 1. The molecule has 4 N–H and O–H groups in total. The number of nitrogens with one attached hydrogen (secondary N) is 1. The van der Waals surface area contributed by atoms with Crippen LogP contribution in [0.5, 0.6) is 0 Å². The van der Waals surface area contributed by atoms with E-state index in [4.69, 9.17) is 15.6 Å². The lowest BCUT2D eigenvalue weighted by atomic mass is 10.4. The van der Waals surface area contributed by atoms with Crippen molar-refractivity contribution < 1.29 is 19.4 Å². The average Bonchev–Trinajstić information content (AvgIpc) is 2.63. The van der Waals surface area contributed by atoms with Gasteiger partial charge in [0.15, 0.2) is 5.13 Å². The molecule has 0 aliphatic carbocycles. The third-order valence-corrected chi connectivity index (χ3v) is 2.19. The zero-order chi connectivity index (χ0) is 12.0. The van der Waals surface area contributed by atoms with Crippen molar-refractivity contribution in [2.45, 2.75) is 0 Å². The Hall–Kier alpha value is -1.67. The van der Waals surface area contributed by atoms with Gasteiger partial charge in [-0.2, -0.15) is 0 Å². The van der Waals surface area contributed by atoms with Crippen LogP contribution < -0.4 is 11.1 Å². The van der Waals surface area contributed by atoms with E-state index in [2.05, 4.69) is 10.3 Å². The van der Waals surface area contributed by atoms with E-state index in [0.717, 1.165) is 0 Å². The number of rotatable bonds is 6. The van der Waals surface area contributed by atoms with Crippen LogP contribution in [0.15, 0.2) is 5.38 Å². The summed E-state index contributed by atoms with van der Waals surface area (Å²) in [7, 11) is 0. The van der Waals surface area contributed by atoms with Gasteiger partial charge in [-0.3, -0.25) is 4.79 Å². The fourth-order valence-electron chi connectivity index (χ4n) is 0.879. The Balaban J connectivity index is 2.18. The zero-order valence-electron chi connectivity index (χ0n) is 8.30. The molecule has 1 heterocycles. The Morgan fingerprint density at radius 1 is 1.62 bits per heavy atom. The van der Waals surface area contributed by atoms with Gasteiger partial charge in [0.25, 0.3) is 5.91 Å². The van der Waals surface area contributed by atoms with E-state index in [0.29, 0.717) is 5.13 Å². The number of thiazole rings is 1. The van der Waals surface area contributed by atoms with Crippen molar-refractivity contribution in [1.29, 1.82) is 0 Å². The van der Waals surface area contributed by atoms with Crippen molar-refractivity contribution in [3.05, 3.63) is 11.1 Å². The lowest BCUT2D eigenvalue weighted by Gasteiger charge is -2.02. The van der Waals surface area contributed by atoms with Gasteiger partial charge >= 0.3 is 5.97 Å². The minimum atomic E-state index is -1.04. The van der Waals surface area contributed by atoms with Gasteiger partial charge in [-0.1, -0.05) is 0 Å². The van der Waals surface area contributed by atoms with E-state index in [1.54, 1.807) is 5.38 Å². The number of amides is 1. The van der Waals surface area contributed by atoms with Crippen molar-refractivity contribution >= 4 is 28.3 Å². The van der Waals surface area contributed by atoms with Crippen molar-refractivity contribution in [2.75, 3.05) is 25.5 Å². The minimum Gasteiger partial charge on any atom is -0.480 e. The number of aromatic nitrogens is 1. The van der Waals surface area contributed by atoms with E-state index < -0.39 is 5.97 Å². The molecule has 0 spiro atoms. The first-order valence-electron chi connectivity index (χ1n) is 4.38. The Morgan fingerprint density at radius 3 is 2.94 bits per heavy atom. The second-order valence-corrected chi connectivity index (χ2v) is 3.66. The van der Waals surface area contributed by atoms with E-state index >= 15 is 0 Å². The molecule has 1 aromatic rings. The number of carboxylic acids is 1. The van der Waals surface area contributed by atoms with Gasteiger partial charge in [-0.15, -0.1) is 11.3 Å². The van der Waals surface area contributed by atoms with Crippen molar-refractivity contribution in [3.63, 3.8) is 0 Å². The highest BCUT2D eigenvalue weighted by molar-refractivity contribution is 7.13. The lowest BCUT2D eigenvalue weighted by Crippen LogP contribution is -2.28. The Labute approximate surface area is 95.2 Å². The summed E-state index contributed by atoms with van der Waals surface area (Å²) in [4.78, 5) is 25.2. The number of nitrogens with two attached hydrogens (primary N) is 1. The maximum Gasteiger partial charge on any atom is 0.329 e. The van der Waals surface area contributed by atoms with Crippen molar-refractivity contribution in [1.82, 2.24) is 10.3 Å². The number of carbonyl (C=O) groups excluding carboxylic acids is 1. The minimum absolute atomic E-state index is 0.137. The summed E-state index contributed by atoms with van der Waals surface area (Å²) in [6.07, 6.45) is 0. The molecular formula is C8H11N3O4S. The second-order valence-electron chi connectivity index (χ2n) is 2.77. The number of anilines is 1. The molecule has 0 fully saturated rings. The van der Waals surface area contributed by atoms with E-state index in [9.17, 15) is 9.59 Å². The molecule has 88 valence electrons. The van der Waals surface area contributed by atoms with Gasteiger partial charge in [0.05, 0.1) is 6.61 Å². The second kappa shape index (κ2) is 6.03. The molecule has 0 atom stereocenters. The third kappa shape index (κ3) is 4.24. The van der Waals surface area contributed by atoms with Crippen molar-refractivity contribution in [2.24, 2.45) is 0 Å². The standard InChI is InChI=1S/C8H11N3O4S/c9-8-11-5(4-16-8)7(14)10-1-2-15-3-6(12)13/h4H,1-3H2,(H2,9,11)(H,10,14)(H,12,13). The molecule has 0 aliphatic heterocycles. The van der Waals surface area contributed by atoms with Crippen LogP contribution in [0.3, 0.4) is 0 Å². The smallest absolute Gasteiger partial charge is 0.329 e. The molecular weight excluding hydrogens is 234 g/mol. The highest BCUT2D eigenvalue weighted by atomic mass is 32.1. The first-order valence-corrected chi connectivity index (χ1v) is 5.26. The normalized spacial score (nSPS) is 10.0. The first-order chi connectivity index (χ1) is 7.59. The molecule has 16 heavy (non-hydrogen) atoms. The summed E-state index contributed by atoms with van der Waals surface area (Å²) in [5, 5.41) is 12.7. The third-order valence-electron chi connectivity index (χ3n) is 1.51. The Kier molecular flexibility index (Phi) is 4.67. The Bertz CT molecular complexity index is 379. The molecule has 0 saturated heterocycles. The Morgan fingerprint density at radius 2 is 2.38 bits per heavy atom. The van der Waals surface area contributed by atoms with Gasteiger partial charge in [-0.05, 0) is 0 Å². The number of hydrogen-bond acceptors (Lipinski definition) is 6.